The Morgan fingerprint density at radius 1 is 0.946 bits per heavy atom. The molecule has 8 heteroatoms. The van der Waals surface area contributed by atoms with Gasteiger partial charge in [-0.3, -0.25) is 4.79 Å². The van der Waals surface area contributed by atoms with Gasteiger partial charge in [-0.2, -0.15) is 4.58 Å². The Balaban J connectivity index is 1.64. The summed E-state index contributed by atoms with van der Waals surface area (Å²) in [7, 11) is 0. The molecule has 0 saturated heterocycles. The molecule has 0 radical (unpaired) electrons. The summed E-state index contributed by atoms with van der Waals surface area (Å²) in [6.45, 7) is 9.44. The lowest BCUT2D eigenvalue weighted by atomic mass is 9.81. The molecule has 0 unspecified atom stereocenters. The van der Waals surface area contributed by atoms with Gasteiger partial charge < -0.3 is 10.4 Å². The van der Waals surface area contributed by atoms with Gasteiger partial charge in [0.15, 0.2) is 5.71 Å². The Kier molecular flexibility index (Phi) is 7.80. The highest BCUT2D eigenvalue weighted by molar-refractivity contribution is 7.65. The van der Waals surface area contributed by atoms with E-state index in [-0.39, 0.29) is 17.3 Å². The second-order valence-corrected chi connectivity index (χ2v) is 11.9. The maximum atomic E-state index is 11.5. The lowest BCUT2D eigenvalue weighted by Gasteiger charge is -2.19. The molecule has 2 aliphatic heterocycles. The Labute approximate surface area is 226 Å². The van der Waals surface area contributed by atoms with E-state index >= 15 is 0 Å². The number of carboxylic acid groups (broad SMARTS) is 1. The summed E-state index contributed by atoms with van der Waals surface area (Å²) in [6, 6.07) is 11.7. The number of aliphatic carboxylic acids is 1. The number of hydrogen-bond acceptors (Lipinski definition) is 4. The van der Waals surface area contributed by atoms with Crippen LogP contribution in [0.2, 0.25) is 0 Å². The standard InChI is InChI=1S/C29H31N2O4S2/c1-28(2)21-17-19(36-34)12-14-23(21)30-25(28)9-8-10-26-29(3,4)22-18-20(37-35)13-15-24(22)31(26)16-7-5-6-11-27(32)33/h8-10,12-15,17-18H,5-7,11,16H2,1-4H3/q+1/p+2. The van der Waals surface area contributed by atoms with Gasteiger partial charge in [0.25, 0.3) is 9.79 Å². The Morgan fingerprint density at radius 2 is 1.62 bits per heavy atom. The van der Waals surface area contributed by atoms with Crippen molar-refractivity contribution in [2.75, 3.05) is 11.9 Å². The highest BCUT2D eigenvalue weighted by Crippen LogP contribution is 2.44. The molecule has 0 aliphatic carbocycles. The van der Waals surface area contributed by atoms with Crippen LogP contribution in [0.1, 0.15) is 64.5 Å². The Bertz CT molecular complexity index is 1360. The number of hydrogen-bond donors (Lipinski definition) is 2. The van der Waals surface area contributed by atoms with Crippen molar-refractivity contribution in [2.24, 2.45) is 0 Å². The highest BCUT2D eigenvalue weighted by Gasteiger charge is 2.45. The average Bonchev–Trinajstić information content (AvgIpc) is 3.24. The lowest BCUT2D eigenvalue weighted by Crippen LogP contribution is -2.28. The molecule has 2 aliphatic rings. The molecular formula is C29H33N2O4S2+3. The number of nitrogens with one attached hydrogen (secondary N) is 1. The van der Waals surface area contributed by atoms with Crippen molar-refractivity contribution in [1.82, 2.24) is 0 Å². The Morgan fingerprint density at radius 3 is 2.30 bits per heavy atom. The minimum absolute atomic E-state index is 0.191. The fourth-order valence-corrected chi connectivity index (χ4v) is 5.88. The molecule has 0 amide bonds. The van der Waals surface area contributed by atoms with Gasteiger partial charge in [-0.1, -0.05) is 19.9 Å². The number of fused-ring (bicyclic) bond motifs is 2. The number of benzene rings is 2. The molecule has 0 fully saturated rings. The van der Waals surface area contributed by atoms with E-state index < -0.39 is 5.97 Å². The first-order valence-electron chi connectivity index (χ1n) is 12.5. The molecule has 0 bridgehead atoms. The minimum atomic E-state index is -0.757. The van der Waals surface area contributed by atoms with Crippen LogP contribution in [0.4, 0.5) is 11.4 Å². The number of allylic oxidation sites excluding steroid dienone is 4. The van der Waals surface area contributed by atoms with Crippen LogP contribution in [0.5, 0.6) is 0 Å². The molecular weight excluding hydrogens is 504 g/mol. The predicted octanol–water partition coefficient (Wildman–Crippen LogP) is 6.13. The van der Waals surface area contributed by atoms with E-state index in [2.05, 4.69) is 55.8 Å². The zero-order valence-corrected chi connectivity index (χ0v) is 23.3. The lowest BCUT2D eigenvalue weighted by molar-refractivity contribution is -0.438. The number of carboxylic acids is 1. The summed E-state index contributed by atoms with van der Waals surface area (Å²) in [6.07, 6.45) is 8.89. The second kappa shape index (κ2) is 10.7. The third-order valence-electron chi connectivity index (χ3n) is 7.45. The molecule has 2 heterocycles. The van der Waals surface area contributed by atoms with E-state index in [1.807, 2.05) is 36.4 Å². The summed E-state index contributed by atoms with van der Waals surface area (Å²) in [4.78, 5) is 12.3. The van der Waals surface area contributed by atoms with Crippen molar-refractivity contribution in [3.05, 3.63) is 71.5 Å². The van der Waals surface area contributed by atoms with Gasteiger partial charge in [0, 0.05) is 80.0 Å². The highest BCUT2D eigenvalue weighted by atomic mass is 32.1. The van der Waals surface area contributed by atoms with Gasteiger partial charge in [-0.15, -0.1) is 0 Å². The maximum absolute atomic E-state index is 11.5. The van der Waals surface area contributed by atoms with E-state index in [0.29, 0.717) is 39.5 Å². The van der Waals surface area contributed by atoms with Gasteiger partial charge in [-0.25, -0.2) is 0 Å². The summed E-state index contributed by atoms with van der Waals surface area (Å²) in [5.74, 6) is -0.757. The molecule has 4 rings (SSSR count). The molecule has 192 valence electrons. The molecule has 0 aromatic heterocycles. The van der Waals surface area contributed by atoms with Crippen molar-refractivity contribution in [1.29, 1.82) is 0 Å². The first-order chi connectivity index (χ1) is 17.6. The summed E-state index contributed by atoms with van der Waals surface area (Å²) >= 11 is 1.01. The summed E-state index contributed by atoms with van der Waals surface area (Å²) < 4.78 is 25.2. The fraction of sp³-hybridized carbons (Fsp3) is 0.379. The molecule has 2 aromatic rings. The van der Waals surface area contributed by atoms with Crippen LogP contribution in [0.25, 0.3) is 0 Å². The zero-order valence-electron chi connectivity index (χ0n) is 21.7. The van der Waals surface area contributed by atoms with Crippen LogP contribution in [0.3, 0.4) is 0 Å². The summed E-state index contributed by atoms with van der Waals surface area (Å²) in [5.41, 5.74) is 6.01. The number of rotatable bonds is 10. The first-order valence-corrected chi connectivity index (χ1v) is 14.0. The number of nitrogens with zero attached hydrogens (tertiary/aromatic N) is 1. The van der Waals surface area contributed by atoms with Crippen LogP contribution in [-0.4, -0.2) is 27.9 Å². The molecule has 0 saturated carbocycles. The van der Waals surface area contributed by atoms with E-state index in [9.17, 15) is 13.2 Å². The Hall–Kier alpha value is -3.10. The van der Waals surface area contributed by atoms with E-state index in [1.165, 1.54) is 0 Å². The van der Waals surface area contributed by atoms with Crippen molar-refractivity contribution >= 4 is 46.4 Å². The summed E-state index contributed by atoms with van der Waals surface area (Å²) in [5, 5.41) is 12.5. The molecule has 2 aromatic carbocycles. The largest absolute Gasteiger partial charge is 0.505 e. The third-order valence-corrected chi connectivity index (χ3v) is 8.34. The second-order valence-electron chi connectivity index (χ2n) is 10.6. The minimum Gasteiger partial charge on any atom is -0.481 e. The van der Waals surface area contributed by atoms with E-state index in [0.717, 1.165) is 53.3 Å². The quantitative estimate of drug-likeness (QED) is 0.216. The normalized spacial score (nSPS) is 18.1. The first kappa shape index (κ1) is 26.9. The van der Waals surface area contributed by atoms with E-state index in [1.54, 1.807) is 0 Å². The van der Waals surface area contributed by atoms with Crippen molar-refractivity contribution in [2.45, 2.75) is 74.0 Å². The number of unbranched alkanes of at least 4 members (excludes halogenated alkanes) is 2. The smallest absolute Gasteiger partial charge is 0.481 e. The van der Waals surface area contributed by atoms with Gasteiger partial charge in [-0.05, 0) is 44.4 Å². The fourth-order valence-electron chi connectivity index (χ4n) is 5.30. The third kappa shape index (κ3) is 5.31. The van der Waals surface area contributed by atoms with Gasteiger partial charge in [0.05, 0.1) is 5.41 Å². The monoisotopic (exact) mass is 537 g/mol. The van der Waals surface area contributed by atoms with Gasteiger partial charge >= 0.3 is 29.3 Å². The average molecular weight is 538 g/mol. The van der Waals surface area contributed by atoms with Crippen molar-refractivity contribution in [3.63, 3.8) is 0 Å². The number of carbonyl (C=O) groups is 1. The van der Waals surface area contributed by atoms with Gasteiger partial charge in [0.1, 0.15) is 6.54 Å². The van der Waals surface area contributed by atoms with Crippen LogP contribution < -0.4 is 5.32 Å². The topological polar surface area (TPSA) is 86.5 Å². The van der Waals surface area contributed by atoms with Crippen LogP contribution in [0.15, 0.2) is 70.1 Å². The molecule has 6 nitrogen and oxygen atoms in total. The van der Waals surface area contributed by atoms with Crippen LogP contribution in [0, 0.1) is 0 Å². The van der Waals surface area contributed by atoms with Crippen LogP contribution in [-0.2, 0) is 47.4 Å². The number of anilines is 1. The SMILES string of the molecule is CC1(C)C(/C=C/C=C2/Nc3ccc([S+]=O)cc3C2(C)C)=[N+](CCCCCC(=O)O)c2ccc([S+]=O)cc21. The van der Waals surface area contributed by atoms with Crippen molar-refractivity contribution in [3.8, 4) is 0 Å². The molecule has 0 spiro atoms. The molecule has 37 heavy (non-hydrogen) atoms. The predicted molar refractivity (Wildman–Crippen MR) is 148 cm³/mol. The maximum Gasteiger partial charge on any atom is 0.505 e. The van der Waals surface area contributed by atoms with Gasteiger partial charge in [0.2, 0.25) is 5.69 Å². The molecule has 2 N–H and O–H groups in total. The van der Waals surface area contributed by atoms with Crippen molar-refractivity contribution < 1.29 is 22.9 Å². The van der Waals surface area contributed by atoms with E-state index in [4.69, 9.17) is 5.11 Å². The zero-order chi connectivity index (χ0) is 26.8. The van der Waals surface area contributed by atoms with Crippen LogP contribution >= 0.6 is 0 Å². The molecule has 0 atom stereocenters.